The fourth-order valence-corrected chi connectivity index (χ4v) is 3.41. The largest absolute Gasteiger partial charge is 0.348 e. The summed E-state index contributed by atoms with van der Waals surface area (Å²) in [5.74, 6) is 0. The topological polar surface area (TPSA) is 3.24 Å². The van der Waals surface area contributed by atoms with Crippen molar-refractivity contribution in [3.63, 3.8) is 0 Å². The second-order valence-corrected chi connectivity index (χ2v) is 7.15. The average Bonchev–Trinajstić information content (AvgIpc) is 2.51. The first-order chi connectivity index (χ1) is 11.7. The Labute approximate surface area is 155 Å². The first-order valence-electron chi connectivity index (χ1n) is 9.22. The van der Waals surface area contributed by atoms with Crippen LogP contribution in [0.1, 0.15) is 52.3 Å². The summed E-state index contributed by atoms with van der Waals surface area (Å²) in [7, 11) is 0. The zero-order chi connectivity index (χ0) is 19.1. The zero-order valence-electron chi connectivity index (χ0n) is 17.5. The Bertz CT molecular complexity index is 679. The van der Waals surface area contributed by atoms with Crippen LogP contribution in [0.3, 0.4) is 0 Å². The molecule has 0 aliphatic rings. The van der Waals surface area contributed by atoms with Crippen LogP contribution in [0.4, 0.5) is 5.69 Å². The highest BCUT2D eigenvalue weighted by Crippen LogP contribution is 2.26. The lowest BCUT2D eigenvalue weighted by Gasteiger charge is -2.24. The summed E-state index contributed by atoms with van der Waals surface area (Å²) in [6.45, 7) is 22.2. The highest BCUT2D eigenvalue weighted by molar-refractivity contribution is 5.61. The lowest BCUT2D eigenvalue weighted by molar-refractivity contribution is 0.874. The molecule has 0 heterocycles. The molecule has 0 aliphatic carbocycles. The van der Waals surface area contributed by atoms with Gasteiger partial charge >= 0.3 is 0 Å². The van der Waals surface area contributed by atoms with Gasteiger partial charge in [-0.05, 0) is 88.9 Å². The van der Waals surface area contributed by atoms with Crippen molar-refractivity contribution in [2.75, 3.05) is 11.4 Å². The van der Waals surface area contributed by atoms with E-state index >= 15 is 0 Å². The Morgan fingerprint density at radius 1 is 0.760 bits per heavy atom. The molecule has 0 spiro atoms. The average molecular weight is 338 g/mol. The van der Waals surface area contributed by atoms with Gasteiger partial charge in [-0.3, -0.25) is 0 Å². The van der Waals surface area contributed by atoms with Gasteiger partial charge in [-0.15, -0.1) is 0 Å². The van der Waals surface area contributed by atoms with Crippen LogP contribution in [0.5, 0.6) is 0 Å². The van der Waals surface area contributed by atoms with Gasteiger partial charge in [0.25, 0.3) is 0 Å². The number of hydrogen-bond donors (Lipinski definition) is 0. The summed E-state index contributed by atoms with van der Waals surface area (Å²) < 4.78 is 0. The number of aryl methyl sites for hydroxylation is 6. The molecule has 0 aromatic heterocycles. The standard InChI is InChI=1S/C14H21N.C10H14/c1-6-8-15(7-2)14-12(4)9-11(3)10-13(14)5;1-7-5-8(2)10(4)9(3)6-7/h7,9-10H,2,6,8H2,1,3-5H3;5-6H,1-4H3. The van der Waals surface area contributed by atoms with Gasteiger partial charge in [0.15, 0.2) is 0 Å². The summed E-state index contributed by atoms with van der Waals surface area (Å²) in [6, 6.07) is 8.91. The summed E-state index contributed by atoms with van der Waals surface area (Å²) in [6.07, 6.45) is 3.06. The fourth-order valence-electron chi connectivity index (χ4n) is 3.41. The van der Waals surface area contributed by atoms with Gasteiger partial charge < -0.3 is 4.90 Å². The van der Waals surface area contributed by atoms with E-state index in [4.69, 9.17) is 0 Å². The highest BCUT2D eigenvalue weighted by Gasteiger charge is 2.08. The smallest absolute Gasteiger partial charge is 0.0465 e. The first-order valence-corrected chi connectivity index (χ1v) is 9.22. The molecular formula is C24H35N. The van der Waals surface area contributed by atoms with Crippen LogP contribution in [-0.2, 0) is 0 Å². The molecule has 0 unspecified atom stereocenters. The molecule has 2 aromatic carbocycles. The summed E-state index contributed by atoms with van der Waals surface area (Å²) in [5.41, 5.74) is 10.9. The molecule has 0 saturated heterocycles. The van der Waals surface area contributed by atoms with Crippen molar-refractivity contribution in [3.05, 3.63) is 76.0 Å². The van der Waals surface area contributed by atoms with Crippen molar-refractivity contribution in [3.8, 4) is 0 Å². The molecule has 25 heavy (non-hydrogen) atoms. The molecule has 0 radical (unpaired) electrons. The number of anilines is 1. The van der Waals surface area contributed by atoms with Crippen molar-refractivity contribution < 1.29 is 0 Å². The van der Waals surface area contributed by atoms with Crippen molar-refractivity contribution in [1.82, 2.24) is 0 Å². The molecule has 0 atom stereocenters. The molecule has 0 saturated carbocycles. The number of benzene rings is 2. The third-order valence-corrected chi connectivity index (χ3v) is 4.68. The number of hydrogen-bond acceptors (Lipinski definition) is 1. The van der Waals surface area contributed by atoms with E-state index in [1.165, 1.54) is 44.6 Å². The van der Waals surface area contributed by atoms with Crippen LogP contribution in [0.15, 0.2) is 37.0 Å². The molecule has 2 rings (SSSR count). The number of nitrogens with zero attached hydrogens (tertiary/aromatic N) is 1. The van der Waals surface area contributed by atoms with Crippen LogP contribution < -0.4 is 4.90 Å². The minimum absolute atomic E-state index is 1.04. The van der Waals surface area contributed by atoms with E-state index in [2.05, 4.69) is 91.1 Å². The minimum atomic E-state index is 1.04. The maximum atomic E-state index is 3.89. The van der Waals surface area contributed by atoms with E-state index in [-0.39, 0.29) is 0 Å². The molecule has 136 valence electrons. The molecular weight excluding hydrogens is 302 g/mol. The Kier molecular flexibility index (Phi) is 7.96. The molecule has 0 N–H and O–H groups in total. The predicted octanol–water partition coefficient (Wildman–Crippen LogP) is 6.89. The lowest BCUT2D eigenvalue weighted by Crippen LogP contribution is -2.18. The Morgan fingerprint density at radius 2 is 1.16 bits per heavy atom. The van der Waals surface area contributed by atoms with Gasteiger partial charge in [0.2, 0.25) is 0 Å². The number of rotatable bonds is 4. The summed E-state index contributed by atoms with van der Waals surface area (Å²) >= 11 is 0. The third-order valence-electron chi connectivity index (χ3n) is 4.68. The van der Waals surface area contributed by atoms with Crippen LogP contribution in [0.25, 0.3) is 0 Å². The van der Waals surface area contributed by atoms with Crippen molar-refractivity contribution in [2.24, 2.45) is 0 Å². The van der Waals surface area contributed by atoms with E-state index < -0.39 is 0 Å². The van der Waals surface area contributed by atoms with Crippen LogP contribution >= 0.6 is 0 Å². The second kappa shape index (κ2) is 9.46. The maximum absolute atomic E-state index is 3.89. The Balaban J connectivity index is 0.000000271. The van der Waals surface area contributed by atoms with Crippen molar-refractivity contribution in [1.29, 1.82) is 0 Å². The normalized spacial score (nSPS) is 10.1. The van der Waals surface area contributed by atoms with Gasteiger partial charge in [-0.25, -0.2) is 0 Å². The molecule has 0 bridgehead atoms. The summed E-state index contributed by atoms with van der Waals surface area (Å²) in [5, 5.41) is 0. The molecule has 0 aliphatic heterocycles. The zero-order valence-corrected chi connectivity index (χ0v) is 17.5. The SMILES string of the molecule is C=CN(CCC)c1c(C)cc(C)cc1C.Cc1cc(C)c(C)c(C)c1. The van der Waals surface area contributed by atoms with Crippen LogP contribution in [0, 0.1) is 48.5 Å². The van der Waals surface area contributed by atoms with E-state index in [0.717, 1.165) is 13.0 Å². The summed E-state index contributed by atoms with van der Waals surface area (Å²) in [4.78, 5) is 2.24. The van der Waals surface area contributed by atoms with Crippen LogP contribution in [0.2, 0.25) is 0 Å². The monoisotopic (exact) mass is 337 g/mol. The highest BCUT2D eigenvalue weighted by atomic mass is 15.1. The van der Waals surface area contributed by atoms with Gasteiger partial charge in [0, 0.05) is 12.2 Å². The molecule has 2 aromatic rings. The quantitative estimate of drug-likeness (QED) is 0.587. The molecule has 1 nitrogen and oxygen atoms in total. The maximum Gasteiger partial charge on any atom is 0.0465 e. The first kappa shape index (κ1) is 21.0. The minimum Gasteiger partial charge on any atom is -0.348 e. The van der Waals surface area contributed by atoms with Gasteiger partial charge in [-0.2, -0.15) is 0 Å². The van der Waals surface area contributed by atoms with E-state index in [0.29, 0.717) is 0 Å². The fraction of sp³-hybridized carbons (Fsp3) is 0.417. The van der Waals surface area contributed by atoms with Gasteiger partial charge in [-0.1, -0.05) is 48.9 Å². The Hall–Kier alpha value is -2.02. The predicted molar refractivity (Wildman–Crippen MR) is 114 cm³/mol. The third kappa shape index (κ3) is 5.77. The van der Waals surface area contributed by atoms with E-state index in [1.54, 1.807) is 0 Å². The van der Waals surface area contributed by atoms with Crippen LogP contribution in [-0.4, -0.2) is 6.54 Å². The lowest BCUT2D eigenvalue weighted by atomic mass is 10.0. The van der Waals surface area contributed by atoms with Gasteiger partial charge in [0.1, 0.15) is 0 Å². The molecule has 0 fully saturated rings. The second-order valence-electron chi connectivity index (χ2n) is 7.15. The van der Waals surface area contributed by atoms with Crippen molar-refractivity contribution >= 4 is 5.69 Å². The van der Waals surface area contributed by atoms with E-state index in [9.17, 15) is 0 Å². The molecule has 1 heteroatoms. The molecule has 0 amide bonds. The van der Waals surface area contributed by atoms with E-state index in [1.807, 2.05) is 6.20 Å². The van der Waals surface area contributed by atoms with Crippen molar-refractivity contribution in [2.45, 2.75) is 61.8 Å². The van der Waals surface area contributed by atoms with Gasteiger partial charge in [0.05, 0.1) is 0 Å². The Morgan fingerprint density at radius 3 is 1.52 bits per heavy atom.